The highest BCUT2D eigenvalue weighted by Crippen LogP contribution is 2.26. The maximum Gasteiger partial charge on any atom is 0.214 e. The smallest absolute Gasteiger partial charge is 0.214 e. The van der Waals surface area contributed by atoms with Gasteiger partial charge < -0.3 is 10.1 Å². The van der Waals surface area contributed by atoms with Crippen LogP contribution in [0.25, 0.3) is 16.2 Å². The number of nitrogens with one attached hydrogen (secondary N) is 1. The van der Waals surface area contributed by atoms with Crippen molar-refractivity contribution in [3.8, 4) is 17.0 Å². The van der Waals surface area contributed by atoms with Crippen molar-refractivity contribution in [3.63, 3.8) is 0 Å². The number of benzene rings is 2. The van der Waals surface area contributed by atoms with E-state index in [0.29, 0.717) is 18.7 Å². The number of rotatable bonds is 7. The predicted octanol–water partition coefficient (Wildman–Crippen LogP) is 4.15. The molecular formula is C20H18N4O2S. The first kappa shape index (κ1) is 17.2. The van der Waals surface area contributed by atoms with E-state index in [0.717, 1.165) is 27.1 Å². The molecule has 0 spiro atoms. The molecule has 0 amide bonds. The van der Waals surface area contributed by atoms with Crippen molar-refractivity contribution in [1.82, 2.24) is 14.6 Å². The summed E-state index contributed by atoms with van der Waals surface area (Å²) in [7, 11) is 0. The Morgan fingerprint density at radius 3 is 2.85 bits per heavy atom. The van der Waals surface area contributed by atoms with Gasteiger partial charge in [-0.25, -0.2) is 9.50 Å². The number of carbonyl (C=O) groups excluding carboxylic acids is 1. The number of carbonyl (C=O) groups is 1. The molecule has 0 aliphatic carbocycles. The van der Waals surface area contributed by atoms with Crippen LogP contribution in [0.4, 0.5) is 5.13 Å². The SMILES string of the molecule is CC(=O)c1cccc(-c2cnc3sc(NCCOc4ccccc4)nn23)c1. The molecule has 2 heterocycles. The van der Waals surface area contributed by atoms with Gasteiger partial charge in [-0.15, -0.1) is 5.10 Å². The lowest BCUT2D eigenvalue weighted by Gasteiger charge is -2.06. The Bertz CT molecular complexity index is 1070. The summed E-state index contributed by atoms with van der Waals surface area (Å²) >= 11 is 1.48. The van der Waals surface area contributed by atoms with E-state index in [1.165, 1.54) is 11.3 Å². The fourth-order valence-electron chi connectivity index (χ4n) is 2.70. The summed E-state index contributed by atoms with van der Waals surface area (Å²) in [6, 6.07) is 17.2. The summed E-state index contributed by atoms with van der Waals surface area (Å²) in [6.07, 6.45) is 1.78. The maximum absolute atomic E-state index is 11.6. The van der Waals surface area contributed by atoms with E-state index in [-0.39, 0.29) is 5.78 Å². The first-order chi connectivity index (χ1) is 13.2. The van der Waals surface area contributed by atoms with E-state index in [9.17, 15) is 4.79 Å². The van der Waals surface area contributed by atoms with E-state index in [4.69, 9.17) is 4.74 Å². The van der Waals surface area contributed by atoms with Gasteiger partial charge in [0.25, 0.3) is 0 Å². The van der Waals surface area contributed by atoms with Crippen LogP contribution in [0, 0.1) is 0 Å². The number of nitrogens with zero attached hydrogens (tertiary/aromatic N) is 3. The van der Waals surface area contributed by atoms with E-state index < -0.39 is 0 Å². The Morgan fingerprint density at radius 2 is 2.04 bits per heavy atom. The first-order valence-corrected chi connectivity index (χ1v) is 9.40. The summed E-state index contributed by atoms with van der Waals surface area (Å²) in [6.45, 7) is 2.74. The quantitative estimate of drug-likeness (QED) is 0.386. The Labute approximate surface area is 160 Å². The minimum absolute atomic E-state index is 0.0386. The van der Waals surface area contributed by atoms with E-state index >= 15 is 0 Å². The average molecular weight is 378 g/mol. The summed E-state index contributed by atoms with van der Waals surface area (Å²) < 4.78 is 7.47. The summed E-state index contributed by atoms with van der Waals surface area (Å²) in [4.78, 5) is 16.9. The molecule has 0 bridgehead atoms. The van der Waals surface area contributed by atoms with E-state index in [1.807, 2.05) is 54.6 Å². The zero-order valence-electron chi connectivity index (χ0n) is 14.8. The first-order valence-electron chi connectivity index (χ1n) is 8.58. The second-order valence-electron chi connectivity index (χ2n) is 5.97. The molecule has 1 N–H and O–H groups in total. The molecule has 0 fully saturated rings. The van der Waals surface area contributed by atoms with Gasteiger partial charge in [0.1, 0.15) is 12.4 Å². The third-order valence-electron chi connectivity index (χ3n) is 4.04. The largest absolute Gasteiger partial charge is 0.492 e. The molecule has 4 rings (SSSR count). The molecule has 136 valence electrons. The van der Waals surface area contributed by atoms with Crippen LogP contribution in [0.1, 0.15) is 17.3 Å². The van der Waals surface area contributed by atoms with Gasteiger partial charge in [0.15, 0.2) is 5.78 Å². The van der Waals surface area contributed by atoms with Crippen molar-refractivity contribution in [1.29, 1.82) is 0 Å². The van der Waals surface area contributed by atoms with Gasteiger partial charge in [-0.2, -0.15) is 0 Å². The van der Waals surface area contributed by atoms with Gasteiger partial charge in [-0.1, -0.05) is 47.7 Å². The van der Waals surface area contributed by atoms with Crippen molar-refractivity contribution in [2.75, 3.05) is 18.5 Å². The number of imidazole rings is 1. The standard InChI is InChI=1S/C20H18N4O2S/c1-14(25)15-6-5-7-16(12-15)18-13-22-20-24(18)23-19(27-20)21-10-11-26-17-8-3-2-4-9-17/h2-9,12-13H,10-11H2,1H3,(H,21,23). The maximum atomic E-state index is 11.6. The Hall–Kier alpha value is -3.19. The normalized spacial score (nSPS) is 10.9. The fourth-order valence-corrected chi connectivity index (χ4v) is 3.50. The zero-order valence-corrected chi connectivity index (χ0v) is 15.6. The second-order valence-corrected chi connectivity index (χ2v) is 6.93. The number of fused-ring (bicyclic) bond motifs is 1. The highest BCUT2D eigenvalue weighted by atomic mass is 32.1. The van der Waals surface area contributed by atoms with Gasteiger partial charge in [-0.3, -0.25) is 4.79 Å². The van der Waals surface area contributed by atoms with E-state index in [2.05, 4.69) is 15.4 Å². The number of ketones is 1. The highest BCUT2D eigenvalue weighted by molar-refractivity contribution is 7.20. The van der Waals surface area contributed by atoms with Crippen LogP contribution in [0.15, 0.2) is 60.8 Å². The number of hydrogen-bond acceptors (Lipinski definition) is 6. The molecule has 0 saturated heterocycles. The summed E-state index contributed by atoms with van der Waals surface area (Å²) in [5.41, 5.74) is 2.45. The van der Waals surface area contributed by atoms with Crippen LogP contribution in [0.2, 0.25) is 0 Å². The number of aromatic nitrogens is 3. The monoisotopic (exact) mass is 378 g/mol. The molecule has 0 radical (unpaired) electrons. The van der Waals surface area contributed by atoms with Gasteiger partial charge in [0, 0.05) is 11.1 Å². The molecule has 2 aromatic carbocycles. The Balaban J connectivity index is 1.46. The topological polar surface area (TPSA) is 68.5 Å². The lowest BCUT2D eigenvalue weighted by Crippen LogP contribution is -2.11. The molecule has 0 aliphatic heterocycles. The molecule has 0 unspecified atom stereocenters. The predicted molar refractivity (Wildman–Crippen MR) is 107 cm³/mol. The minimum Gasteiger partial charge on any atom is -0.492 e. The van der Waals surface area contributed by atoms with Gasteiger partial charge >= 0.3 is 0 Å². The second kappa shape index (κ2) is 7.59. The van der Waals surface area contributed by atoms with Crippen LogP contribution in [-0.4, -0.2) is 33.5 Å². The highest BCUT2D eigenvalue weighted by Gasteiger charge is 2.12. The lowest BCUT2D eigenvalue weighted by atomic mass is 10.1. The number of ether oxygens (including phenoxy) is 1. The number of anilines is 1. The van der Waals surface area contributed by atoms with Crippen molar-refractivity contribution >= 4 is 27.2 Å². The van der Waals surface area contributed by atoms with Crippen LogP contribution in [0.3, 0.4) is 0 Å². The van der Waals surface area contributed by atoms with Crippen LogP contribution < -0.4 is 10.1 Å². The third-order valence-corrected chi connectivity index (χ3v) is 4.92. The number of hydrogen-bond donors (Lipinski definition) is 1. The molecular weight excluding hydrogens is 360 g/mol. The third kappa shape index (κ3) is 3.83. The van der Waals surface area contributed by atoms with Gasteiger partial charge in [0.05, 0.1) is 18.4 Å². The van der Waals surface area contributed by atoms with Crippen LogP contribution in [0.5, 0.6) is 5.75 Å². The van der Waals surface area contributed by atoms with Crippen molar-refractivity contribution in [2.45, 2.75) is 6.92 Å². The van der Waals surface area contributed by atoms with Crippen molar-refractivity contribution in [3.05, 3.63) is 66.4 Å². The minimum atomic E-state index is 0.0386. The number of para-hydroxylation sites is 1. The molecule has 0 saturated carbocycles. The molecule has 6 nitrogen and oxygen atoms in total. The average Bonchev–Trinajstić information content (AvgIpc) is 3.26. The van der Waals surface area contributed by atoms with Gasteiger partial charge in [0.2, 0.25) is 10.1 Å². The van der Waals surface area contributed by atoms with Crippen molar-refractivity contribution < 1.29 is 9.53 Å². The Morgan fingerprint density at radius 1 is 1.19 bits per heavy atom. The summed E-state index contributed by atoms with van der Waals surface area (Å²) in [5, 5.41) is 8.63. The summed E-state index contributed by atoms with van der Waals surface area (Å²) in [5.74, 6) is 0.887. The molecule has 7 heteroatoms. The van der Waals surface area contributed by atoms with Crippen LogP contribution >= 0.6 is 11.3 Å². The number of Topliss-reactive ketones (excluding diaryl/α,β-unsaturated/α-hetero) is 1. The molecule has 0 aliphatic rings. The molecule has 4 aromatic rings. The van der Waals surface area contributed by atoms with Gasteiger partial charge in [-0.05, 0) is 25.1 Å². The Kier molecular flexibility index (Phi) is 4.84. The lowest BCUT2D eigenvalue weighted by molar-refractivity contribution is 0.101. The molecule has 2 aromatic heterocycles. The van der Waals surface area contributed by atoms with Crippen molar-refractivity contribution in [2.24, 2.45) is 0 Å². The van der Waals surface area contributed by atoms with Crippen LogP contribution in [-0.2, 0) is 0 Å². The molecule has 27 heavy (non-hydrogen) atoms. The zero-order chi connectivity index (χ0) is 18.6. The van der Waals surface area contributed by atoms with E-state index in [1.54, 1.807) is 17.6 Å². The fraction of sp³-hybridized carbons (Fsp3) is 0.150. The molecule has 0 atom stereocenters.